The lowest BCUT2D eigenvalue weighted by Crippen LogP contribution is -2.51. The van der Waals surface area contributed by atoms with E-state index in [2.05, 4.69) is 16.8 Å². The van der Waals surface area contributed by atoms with Gasteiger partial charge in [0.25, 0.3) is 5.56 Å². The van der Waals surface area contributed by atoms with Gasteiger partial charge in [-0.25, -0.2) is 4.98 Å². The van der Waals surface area contributed by atoms with E-state index in [1.807, 2.05) is 18.7 Å². The minimum Gasteiger partial charge on any atom is -0.340 e. The van der Waals surface area contributed by atoms with Gasteiger partial charge >= 0.3 is 0 Å². The Labute approximate surface area is 147 Å². The highest BCUT2D eigenvalue weighted by Crippen LogP contribution is 2.27. The fraction of sp³-hybridized carbons (Fsp3) is 0.706. The van der Waals surface area contributed by atoms with Gasteiger partial charge in [0.2, 0.25) is 5.91 Å². The lowest BCUT2D eigenvalue weighted by Gasteiger charge is -2.36. The van der Waals surface area contributed by atoms with Crippen LogP contribution in [0.4, 0.5) is 0 Å². The molecule has 1 atom stereocenters. The second-order valence-corrected chi connectivity index (χ2v) is 7.48. The van der Waals surface area contributed by atoms with Gasteiger partial charge in [-0.15, -0.1) is 0 Å². The number of likely N-dealkylation sites (N-methyl/N-ethyl adjacent to an activating group) is 1. The summed E-state index contributed by atoms with van der Waals surface area (Å²) in [6.07, 6.45) is 0.681. The monoisotopic (exact) mass is 350 g/mol. The first-order chi connectivity index (χ1) is 11.5. The highest BCUT2D eigenvalue weighted by molar-refractivity contribution is 7.99. The largest absolute Gasteiger partial charge is 0.340 e. The first-order valence-electron chi connectivity index (χ1n) is 8.79. The molecular formula is C17H26N4O2S. The van der Waals surface area contributed by atoms with Crippen molar-refractivity contribution in [2.45, 2.75) is 38.9 Å². The third-order valence-corrected chi connectivity index (χ3v) is 6.22. The van der Waals surface area contributed by atoms with E-state index in [1.54, 1.807) is 4.57 Å². The van der Waals surface area contributed by atoms with Gasteiger partial charge in [-0.3, -0.25) is 14.2 Å². The minimum absolute atomic E-state index is 0.0285. The zero-order chi connectivity index (χ0) is 17.3. The van der Waals surface area contributed by atoms with Crippen LogP contribution in [0.2, 0.25) is 0 Å². The van der Waals surface area contributed by atoms with Gasteiger partial charge in [-0.2, -0.15) is 0 Å². The third kappa shape index (κ3) is 3.24. The maximum atomic E-state index is 12.8. The van der Waals surface area contributed by atoms with Crippen molar-refractivity contribution in [2.24, 2.45) is 5.92 Å². The van der Waals surface area contributed by atoms with Crippen molar-refractivity contribution in [1.82, 2.24) is 19.4 Å². The molecular weight excluding hydrogens is 324 g/mol. The van der Waals surface area contributed by atoms with Crippen LogP contribution in [0.15, 0.2) is 9.95 Å². The summed E-state index contributed by atoms with van der Waals surface area (Å²) in [6.45, 7) is 11.0. The van der Waals surface area contributed by atoms with Crippen LogP contribution in [0, 0.1) is 12.8 Å². The summed E-state index contributed by atoms with van der Waals surface area (Å²) in [5.41, 5.74) is 1.62. The summed E-state index contributed by atoms with van der Waals surface area (Å²) in [4.78, 5) is 34.4. The average Bonchev–Trinajstić information content (AvgIpc) is 2.61. The molecule has 1 unspecified atom stereocenters. The first kappa shape index (κ1) is 17.5. The van der Waals surface area contributed by atoms with Gasteiger partial charge in [-0.05, 0) is 19.9 Å². The first-order valence-corrected chi connectivity index (χ1v) is 9.77. The molecule has 0 N–H and O–H groups in total. The van der Waals surface area contributed by atoms with E-state index >= 15 is 0 Å². The molecule has 1 fully saturated rings. The summed E-state index contributed by atoms with van der Waals surface area (Å²) in [7, 11) is 0. The van der Waals surface area contributed by atoms with Crippen molar-refractivity contribution < 1.29 is 4.79 Å². The third-order valence-electron chi connectivity index (χ3n) is 5.08. The van der Waals surface area contributed by atoms with E-state index in [9.17, 15) is 9.59 Å². The molecule has 0 spiro atoms. The second-order valence-electron chi connectivity index (χ2n) is 6.50. The lowest BCUT2D eigenvalue weighted by atomic mass is 10.1. The van der Waals surface area contributed by atoms with Crippen LogP contribution < -0.4 is 5.56 Å². The topological polar surface area (TPSA) is 58.4 Å². The number of piperazine rings is 1. The number of rotatable bonds is 3. The van der Waals surface area contributed by atoms with E-state index in [4.69, 9.17) is 0 Å². The van der Waals surface area contributed by atoms with Gasteiger partial charge < -0.3 is 9.80 Å². The number of thioether (sulfide) groups is 1. The van der Waals surface area contributed by atoms with Crippen LogP contribution in [0.25, 0.3) is 0 Å². The molecule has 0 aromatic carbocycles. The van der Waals surface area contributed by atoms with Crippen molar-refractivity contribution in [3.05, 3.63) is 21.6 Å². The number of hydrogen-bond acceptors (Lipinski definition) is 5. The molecule has 6 nitrogen and oxygen atoms in total. The number of carbonyl (C=O) groups is 1. The highest BCUT2D eigenvalue weighted by atomic mass is 32.2. The van der Waals surface area contributed by atoms with E-state index < -0.39 is 0 Å². The molecule has 2 aliphatic heterocycles. The summed E-state index contributed by atoms with van der Waals surface area (Å²) < 4.78 is 1.71. The van der Waals surface area contributed by atoms with Crippen molar-refractivity contribution in [3.8, 4) is 0 Å². The maximum absolute atomic E-state index is 12.8. The normalized spacial score (nSPS) is 21.6. The fourth-order valence-electron chi connectivity index (χ4n) is 3.49. The molecule has 24 heavy (non-hydrogen) atoms. The van der Waals surface area contributed by atoms with E-state index in [0.29, 0.717) is 18.7 Å². The van der Waals surface area contributed by atoms with Gasteiger partial charge in [0.15, 0.2) is 5.16 Å². The molecule has 1 aromatic heterocycles. The molecule has 1 aromatic rings. The van der Waals surface area contributed by atoms with Crippen LogP contribution >= 0.6 is 11.8 Å². The molecule has 1 saturated heterocycles. The number of carbonyl (C=O) groups excluding carboxylic acids is 1. The number of aromatic nitrogens is 2. The van der Waals surface area contributed by atoms with E-state index in [1.165, 1.54) is 11.8 Å². The second kappa shape index (κ2) is 7.27. The molecule has 0 aliphatic carbocycles. The zero-order valence-corrected chi connectivity index (χ0v) is 15.6. The van der Waals surface area contributed by atoms with E-state index in [-0.39, 0.29) is 17.4 Å². The Balaban J connectivity index is 1.75. The fourth-order valence-corrected chi connectivity index (χ4v) is 4.61. The molecule has 2 aliphatic rings. The predicted molar refractivity (Wildman–Crippen MR) is 95.5 cm³/mol. The van der Waals surface area contributed by atoms with Crippen LogP contribution in [-0.2, 0) is 17.8 Å². The number of nitrogens with zero attached hydrogens (tertiary/aromatic N) is 4. The number of aryl methyl sites for hydroxylation is 1. The highest BCUT2D eigenvalue weighted by Gasteiger charge is 2.32. The van der Waals surface area contributed by atoms with Crippen molar-refractivity contribution in [1.29, 1.82) is 0 Å². The molecule has 1 amide bonds. The van der Waals surface area contributed by atoms with Gasteiger partial charge in [0, 0.05) is 49.7 Å². The van der Waals surface area contributed by atoms with Crippen molar-refractivity contribution in [3.63, 3.8) is 0 Å². The minimum atomic E-state index is -0.123. The van der Waals surface area contributed by atoms with Gasteiger partial charge in [0.1, 0.15) is 0 Å². The Bertz CT molecular complexity index is 680. The summed E-state index contributed by atoms with van der Waals surface area (Å²) in [5.74, 6) is 0.779. The maximum Gasteiger partial charge on any atom is 0.257 e. The average molecular weight is 350 g/mol. The Kier molecular flexibility index (Phi) is 5.30. The van der Waals surface area contributed by atoms with E-state index in [0.717, 1.165) is 49.1 Å². The van der Waals surface area contributed by atoms with Gasteiger partial charge in [-0.1, -0.05) is 25.6 Å². The summed E-state index contributed by atoms with van der Waals surface area (Å²) in [5, 5.41) is 0.759. The van der Waals surface area contributed by atoms with Crippen molar-refractivity contribution in [2.75, 3.05) is 38.5 Å². The Morgan fingerprint density at radius 1 is 1.25 bits per heavy atom. The molecule has 0 bridgehead atoms. The molecule has 3 heterocycles. The Hall–Kier alpha value is -1.34. The zero-order valence-electron chi connectivity index (χ0n) is 14.7. The van der Waals surface area contributed by atoms with Crippen LogP contribution in [0.3, 0.4) is 0 Å². The number of hydrogen-bond donors (Lipinski definition) is 0. The van der Waals surface area contributed by atoms with Crippen LogP contribution in [0.5, 0.6) is 0 Å². The lowest BCUT2D eigenvalue weighted by molar-refractivity contribution is -0.137. The van der Waals surface area contributed by atoms with Crippen LogP contribution in [0.1, 0.15) is 25.1 Å². The number of fused-ring (bicyclic) bond motifs is 1. The molecule has 7 heteroatoms. The van der Waals surface area contributed by atoms with Crippen molar-refractivity contribution >= 4 is 17.7 Å². The quantitative estimate of drug-likeness (QED) is 0.761. The van der Waals surface area contributed by atoms with Gasteiger partial charge in [0.05, 0.1) is 5.92 Å². The molecule has 0 radical (unpaired) electrons. The SMILES string of the molecule is CCc1c(C)nc2n(c1=O)CC(C(=O)N1CCN(CC)CC1)CS2. The Morgan fingerprint density at radius 2 is 1.96 bits per heavy atom. The summed E-state index contributed by atoms with van der Waals surface area (Å²) >= 11 is 1.54. The molecule has 132 valence electrons. The molecule has 0 saturated carbocycles. The standard InChI is InChI=1S/C17H26N4O2S/c1-4-14-12(3)18-17-21(16(14)23)10-13(11-24-17)15(22)20-8-6-19(5-2)7-9-20/h13H,4-11H2,1-3H3. The molecule has 3 rings (SSSR count). The smallest absolute Gasteiger partial charge is 0.257 e. The van der Waals surface area contributed by atoms with Crippen LogP contribution in [-0.4, -0.2) is 63.7 Å². The number of amides is 1. The Morgan fingerprint density at radius 3 is 2.58 bits per heavy atom. The predicted octanol–water partition coefficient (Wildman–Crippen LogP) is 1.00. The summed E-state index contributed by atoms with van der Waals surface area (Å²) in [6, 6.07) is 0.